The summed E-state index contributed by atoms with van der Waals surface area (Å²) in [5.41, 5.74) is 6.50. The van der Waals surface area contributed by atoms with E-state index in [-0.39, 0.29) is 0 Å². The fourth-order valence-corrected chi connectivity index (χ4v) is 2.93. The molecular formula is C16H17N3S. The molecule has 1 N–H and O–H groups in total. The van der Waals surface area contributed by atoms with Crippen LogP contribution in [0.2, 0.25) is 0 Å². The van der Waals surface area contributed by atoms with E-state index < -0.39 is 0 Å². The minimum atomic E-state index is 0.869. The molecule has 3 nitrogen and oxygen atoms in total. The monoisotopic (exact) mass is 283 g/mol. The molecule has 102 valence electrons. The molecular weight excluding hydrogens is 266 g/mol. The van der Waals surface area contributed by atoms with Crippen LogP contribution in [0.3, 0.4) is 0 Å². The second-order valence-electron chi connectivity index (χ2n) is 4.85. The van der Waals surface area contributed by atoms with Crippen molar-refractivity contribution >= 4 is 22.2 Å². The Kier molecular flexibility index (Phi) is 4.04. The number of nitrogens with one attached hydrogen (secondary N) is 1. The molecule has 0 atom stereocenters. The number of rotatable bonds is 5. The number of aromatic nitrogens is 2. The number of hydrogen-bond donors (Lipinski definition) is 1. The van der Waals surface area contributed by atoms with E-state index in [2.05, 4.69) is 44.9 Å². The lowest BCUT2D eigenvalue weighted by Gasteiger charge is -2.09. The highest BCUT2D eigenvalue weighted by molar-refractivity contribution is 7.07. The number of nitrogens with zero attached hydrogens (tertiary/aromatic N) is 2. The van der Waals surface area contributed by atoms with Crippen molar-refractivity contribution in [2.24, 2.45) is 0 Å². The Balaban J connectivity index is 1.68. The number of benzene rings is 1. The fraction of sp³-hybridized carbons (Fsp3) is 0.250. The molecule has 0 aliphatic rings. The van der Waals surface area contributed by atoms with Gasteiger partial charge in [-0.15, -0.1) is 11.3 Å². The first-order valence-corrected chi connectivity index (χ1v) is 7.70. The van der Waals surface area contributed by atoms with Gasteiger partial charge in [0.15, 0.2) is 0 Å². The highest BCUT2D eigenvalue weighted by atomic mass is 32.1. The average molecular weight is 283 g/mol. The van der Waals surface area contributed by atoms with Crippen LogP contribution < -0.4 is 5.32 Å². The Labute approximate surface area is 122 Å². The van der Waals surface area contributed by atoms with Crippen LogP contribution in [-0.2, 0) is 13.0 Å². The number of para-hydroxylation sites is 1. The third-order valence-corrected chi connectivity index (χ3v) is 3.92. The summed E-state index contributed by atoms with van der Waals surface area (Å²) in [4.78, 5) is 8.86. The molecule has 20 heavy (non-hydrogen) atoms. The summed E-state index contributed by atoms with van der Waals surface area (Å²) in [6, 6.07) is 10.5. The fourth-order valence-electron chi connectivity index (χ4n) is 2.34. The zero-order valence-corrected chi connectivity index (χ0v) is 12.3. The van der Waals surface area contributed by atoms with Gasteiger partial charge in [0.05, 0.1) is 16.7 Å². The zero-order chi connectivity index (χ0) is 13.8. The molecule has 0 aliphatic heterocycles. The van der Waals surface area contributed by atoms with Crippen LogP contribution in [0, 0.1) is 6.92 Å². The zero-order valence-electron chi connectivity index (χ0n) is 11.5. The van der Waals surface area contributed by atoms with Crippen LogP contribution >= 0.6 is 11.3 Å². The molecule has 4 heteroatoms. The van der Waals surface area contributed by atoms with Gasteiger partial charge in [-0.3, -0.25) is 4.98 Å². The minimum Gasteiger partial charge on any atom is -0.312 e. The maximum absolute atomic E-state index is 4.57. The van der Waals surface area contributed by atoms with Gasteiger partial charge >= 0.3 is 0 Å². The normalized spacial score (nSPS) is 11.1. The van der Waals surface area contributed by atoms with Crippen LogP contribution in [0.25, 0.3) is 10.9 Å². The van der Waals surface area contributed by atoms with Gasteiger partial charge in [0, 0.05) is 36.0 Å². The Hall–Kier alpha value is -1.78. The Morgan fingerprint density at radius 3 is 3.00 bits per heavy atom. The molecule has 0 aliphatic carbocycles. The van der Waals surface area contributed by atoms with Gasteiger partial charge in [0.25, 0.3) is 0 Å². The van der Waals surface area contributed by atoms with E-state index in [1.165, 1.54) is 16.6 Å². The third kappa shape index (κ3) is 3.03. The highest BCUT2D eigenvalue weighted by Gasteiger charge is 2.03. The van der Waals surface area contributed by atoms with E-state index >= 15 is 0 Å². The standard InChI is InChI=1S/C16H17N3S/c1-12-8-13(15-4-2-3-5-16(15)19-12)9-17-7-6-14-10-20-11-18-14/h2-5,8,10-11,17H,6-7,9H2,1H3. The summed E-state index contributed by atoms with van der Waals surface area (Å²) >= 11 is 1.65. The van der Waals surface area contributed by atoms with E-state index in [1.54, 1.807) is 11.3 Å². The van der Waals surface area contributed by atoms with Crippen molar-refractivity contribution in [1.29, 1.82) is 0 Å². The van der Waals surface area contributed by atoms with Gasteiger partial charge < -0.3 is 5.32 Å². The number of aryl methyl sites for hydroxylation is 1. The van der Waals surface area contributed by atoms with Gasteiger partial charge in [0.1, 0.15) is 0 Å². The van der Waals surface area contributed by atoms with Crippen molar-refractivity contribution in [2.75, 3.05) is 6.54 Å². The summed E-state index contributed by atoms with van der Waals surface area (Å²) in [7, 11) is 0. The molecule has 1 aromatic carbocycles. The number of hydrogen-bond acceptors (Lipinski definition) is 4. The van der Waals surface area contributed by atoms with Gasteiger partial charge in [0.2, 0.25) is 0 Å². The van der Waals surface area contributed by atoms with Crippen LogP contribution in [0.4, 0.5) is 0 Å². The molecule has 0 radical (unpaired) electrons. The summed E-state index contributed by atoms with van der Waals surface area (Å²) in [5.74, 6) is 0. The van der Waals surface area contributed by atoms with Crippen molar-refractivity contribution in [1.82, 2.24) is 15.3 Å². The van der Waals surface area contributed by atoms with Crippen molar-refractivity contribution in [3.63, 3.8) is 0 Å². The summed E-state index contributed by atoms with van der Waals surface area (Å²) in [5, 5.41) is 6.84. The average Bonchev–Trinajstić information content (AvgIpc) is 2.96. The van der Waals surface area contributed by atoms with Crippen LogP contribution in [-0.4, -0.2) is 16.5 Å². The molecule has 3 rings (SSSR count). The van der Waals surface area contributed by atoms with E-state index in [1.807, 2.05) is 18.5 Å². The van der Waals surface area contributed by atoms with Gasteiger partial charge in [-0.25, -0.2) is 4.98 Å². The lowest BCUT2D eigenvalue weighted by Crippen LogP contribution is -2.17. The molecule has 0 bridgehead atoms. The molecule has 0 amide bonds. The molecule has 0 spiro atoms. The number of thiazole rings is 1. The van der Waals surface area contributed by atoms with E-state index in [9.17, 15) is 0 Å². The van der Waals surface area contributed by atoms with E-state index in [0.29, 0.717) is 0 Å². The van der Waals surface area contributed by atoms with Crippen LogP contribution in [0.5, 0.6) is 0 Å². The second kappa shape index (κ2) is 6.11. The lowest BCUT2D eigenvalue weighted by molar-refractivity contribution is 0.683. The number of pyridine rings is 1. The first-order chi connectivity index (χ1) is 9.83. The second-order valence-corrected chi connectivity index (χ2v) is 5.57. The lowest BCUT2D eigenvalue weighted by atomic mass is 10.1. The third-order valence-electron chi connectivity index (χ3n) is 3.29. The molecule has 0 fully saturated rings. The predicted octanol–water partition coefficient (Wildman–Crippen LogP) is 3.33. The van der Waals surface area contributed by atoms with Crippen molar-refractivity contribution in [3.05, 3.63) is 58.2 Å². The minimum absolute atomic E-state index is 0.869. The Morgan fingerprint density at radius 1 is 1.25 bits per heavy atom. The SMILES string of the molecule is Cc1cc(CNCCc2cscn2)c2ccccc2n1. The molecule has 3 aromatic rings. The summed E-state index contributed by atoms with van der Waals surface area (Å²) in [6.07, 6.45) is 0.978. The molecule has 2 aromatic heterocycles. The maximum Gasteiger partial charge on any atom is 0.0794 e. The van der Waals surface area contributed by atoms with Crippen molar-refractivity contribution in [2.45, 2.75) is 19.9 Å². The quantitative estimate of drug-likeness (QED) is 0.730. The van der Waals surface area contributed by atoms with Crippen molar-refractivity contribution < 1.29 is 0 Å². The van der Waals surface area contributed by atoms with Crippen molar-refractivity contribution in [3.8, 4) is 0 Å². The Morgan fingerprint density at radius 2 is 2.15 bits per heavy atom. The van der Waals surface area contributed by atoms with Gasteiger partial charge in [-0.2, -0.15) is 0 Å². The van der Waals surface area contributed by atoms with Crippen LogP contribution in [0.1, 0.15) is 17.0 Å². The summed E-state index contributed by atoms with van der Waals surface area (Å²) in [6.45, 7) is 3.86. The molecule has 0 saturated heterocycles. The van der Waals surface area contributed by atoms with E-state index in [0.717, 1.165) is 30.7 Å². The maximum atomic E-state index is 4.57. The molecule has 0 unspecified atom stereocenters. The number of fused-ring (bicyclic) bond motifs is 1. The first-order valence-electron chi connectivity index (χ1n) is 6.76. The smallest absolute Gasteiger partial charge is 0.0794 e. The highest BCUT2D eigenvalue weighted by Crippen LogP contribution is 2.17. The first kappa shape index (κ1) is 13.2. The molecule has 0 saturated carbocycles. The largest absolute Gasteiger partial charge is 0.312 e. The predicted molar refractivity (Wildman–Crippen MR) is 84.0 cm³/mol. The van der Waals surface area contributed by atoms with E-state index in [4.69, 9.17) is 0 Å². The Bertz CT molecular complexity index is 692. The van der Waals surface area contributed by atoms with Crippen LogP contribution in [0.15, 0.2) is 41.2 Å². The van der Waals surface area contributed by atoms with Gasteiger partial charge in [-0.1, -0.05) is 18.2 Å². The summed E-state index contributed by atoms with van der Waals surface area (Å²) < 4.78 is 0. The van der Waals surface area contributed by atoms with Gasteiger partial charge in [-0.05, 0) is 24.6 Å². The topological polar surface area (TPSA) is 37.8 Å². The molecule has 2 heterocycles.